The van der Waals surface area contributed by atoms with Crippen molar-refractivity contribution in [3.05, 3.63) is 65.7 Å². The van der Waals surface area contributed by atoms with E-state index in [0.29, 0.717) is 4.90 Å². The van der Waals surface area contributed by atoms with Crippen molar-refractivity contribution in [2.24, 2.45) is 0 Å². The van der Waals surface area contributed by atoms with E-state index in [1.807, 2.05) is 49.4 Å². The van der Waals surface area contributed by atoms with Crippen molar-refractivity contribution in [3.8, 4) is 0 Å². The normalized spacial score (nSPS) is 22.2. The van der Waals surface area contributed by atoms with Gasteiger partial charge in [-0.2, -0.15) is 0 Å². The van der Waals surface area contributed by atoms with Crippen molar-refractivity contribution >= 4 is 9.84 Å². The van der Waals surface area contributed by atoms with Crippen molar-refractivity contribution in [1.82, 2.24) is 0 Å². The molecular weight excluding hydrogens is 256 g/mol. The van der Waals surface area contributed by atoms with Gasteiger partial charge in [0.1, 0.15) is 0 Å². The molecule has 0 aliphatic heterocycles. The monoisotopic (exact) mass is 272 g/mol. The van der Waals surface area contributed by atoms with E-state index in [9.17, 15) is 8.42 Å². The van der Waals surface area contributed by atoms with E-state index in [0.717, 1.165) is 17.5 Å². The van der Waals surface area contributed by atoms with E-state index >= 15 is 0 Å². The summed E-state index contributed by atoms with van der Waals surface area (Å²) in [6.07, 6.45) is 0.736. The minimum atomic E-state index is -3.18. The van der Waals surface area contributed by atoms with Crippen LogP contribution in [0.4, 0.5) is 0 Å². The Morgan fingerprint density at radius 2 is 1.58 bits per heavy atom. The van der Waals surface area contributed by atoms with Gasteiger partial charge >= 0.3 is 0 Å². The van der Waals surface area contributed by atoms with E-state index in [1.165, 1.54) is 0 Å². The summed E-state index contributed by atoms with van der Waals surface area (Å²) in [6, 6.07) is 17.0. The molecule has 0 aromatic heterocycles. The molecule has 0 bridgehead atoms. The van der Waals surface area contributed by atoms with Gasteiger partial charge in [0.2, 0.25) is 0 Å². The Balaban J connectivity index is 1.86. The van der Waals surface area contributed by atoms with Crippen molar-refractivity contribution in [3.63, 3.8) is 0 Å². The predicted molar refractivity (Wildman–Crippen MR) is 76.0 cm³/mol. The molecule has 2 aromatic carbocycles. The van der Waals surface area contributed by atoms with Crippen LogP contribution in [0.1, 0.15) is 23.5 Å². The van der Waals surface area contributed by atoms with Crippen LogP contribution in [-0.2, 0) is 9.84 Å². The van der Waals surface area contributed by atoms with Crippen molar-refractivity contribution in [2.75, 3.05) is 0 Å². The van der Waals surface area contributed by atoms with Gasteiger partial charge < -0.3 is 0 Å². The fraction of sp³-hybridized carbons (Fsp3) is 0.250. The molecule has 3 rings (SSSR count). The van der Waals surface area contributed by atoms with Gasteiger partial charge in [0.05, 0.1) is 10.1 Å². The fourth-order valence-electron chi connectivity index (χ4n) is 2.47. The maximum atomic E-state index is 12.5. The van der Waals surface area contributed by atoms with E-state index in [1.54, 1.807) is 12.1 Å². The second kappa shape index (κ2) is 4.49. The van der Waals surface area contributed by atoms with Gasteiger partial charge in [-0.3, -0.25) is 0 Å². The van der Waals surface area contributed by atoms with Gasteiger partial charge in [-0.05, 0) is 31.0 Å². The predicted octanol–water partition coefficient (Wildman–Crippen LogP) is 3.32. The molecule has 19 heavy (non-hydrogen) atoms. The summed E-state index contributed by atoms with van der Waals surface area (Å²) in [4.78, 5) is 0.446. The molecule has 1 aliphatic carbocycles. The lowest BCUT2D eigenvalue weighted by Crippen LogP contribution is -2.09. The summed E-state index contributed by atoms with van der Waals surface area (Å²) in [5.74, 6) is 0.160. The highest BCUT2D eigenvalue weighted by molar-refractivity contribution is 7.92. The number of hydrogen-bond donors (Lipinski definition) is 0. The fourth-order valence-corrected chi connectivity index (χ4v) is 4.38. The van der Waals surface area contributed by atoms with Crippen molar-refractivity contribution < 1.29 is 8.42 Å². The zero-order chi connectivity index (χ0) is 13.5. The molecule has 0 saturated heterocycles. The Morgan fingerprint density at radius 3 is 2.21 bits per heavy atom. The third-order valence-electron chi connectivity index (χ3n) is 3.71. The Hall–Kier alpha value is -1.61. The zero-order valence-electron chi connectivity index (χ0n) is 10.8. The second-order valence-corrected chi connectivity index (χ2v) is 7.32. The SMILES string of the molecule is Cc1ccc(S(=O)(=O)[C@@H]2C[C@H]2c2ccccc2)cc1. The molecule has 0 heterocycles. The molecule has 0 radical (unpaired) electrons. The van der Waals surface area contributed by atoms with Crippen LogP contribution in [0.2, 0.25) is 0 Å². The molecule has 98 valence electrons. The highest BCUT2D eigenvalue weighted by atomic mass is 32.2. The van der Waals surface area contributed by atoms with Crippen molar-refractivity contribution in [2.45, 2.75) is 29.4 Å². The maximum absolute atomic E-state index is 12.5. The molecule has 2 atom stereocenters. The number of aryl methyl sites for hydroxylation is 1. The molecule has 0 unspecified atom stereocenters. The van der Waals surface area contributed by atoms with Crippen LogP contribution in [-0.4, -0.2) is 13.7 Å². The first-order chi connectivity index (χ1) is 9.09. The van der Waals surface area contributed by atoms with Gasteiger partial charge in [0, 0.05) is 5.92 Å². The Labute approximate surface area is 114 Å². The first-order valence-electron chi connectivity index (χ1n) is 6.44. The van der Waals surface area contributed by atoms with Gasteiger partial charge in [-0.1, -0.05) is 48.0 Å². The minimum absolute atomic E-state index is 0.160. The standard InChI is InChI=1S/C16H16O2S/c1-12-7-9-14(10-8-12)19(17,18)16-11-15(16)13-5-3-2-4-6-13/h2-10,15-16H,11H2,1H3/t15-,16+/m0/s1. The average molecular weight is 272 g/mol. The highest BCUT2D eigenvalue weighted by Gasteiger charge is 2.48. The highest BCUT2D eigenvalue weighted by Crippen LogP contribution is 2.47. The molecule has 3 heteroatoms. The second-order valence-electron chi connectivity index (χ2n) is 5.15. The smallest absolute Gasteiger partial charge is 0.181 e. The van der Waals surface area contributed by atoms with Crippen LogP contribution >= 0.6 is 0 Å². The average Bonchev–Trinajstić information content (AvgIpc) is 3.21. The van der Waals surface area contributed by atoms with Gasteiger partial charge in [0.25, 0.3) is 0 Å². The molecular formula is C16H16O2S. The van der Waals surface area contributed by atoms with Crippen LogP contribution in [0.15, 0.2) is 59.5 Å². The topological polar surface area (TPSA) is 34.1 Å². The van der Waals surface area contributed by atoms with Gasteiger partial charge in [0.15, 0.2) is 9.84 Å². The molecule has 2 aromatic rings. The maximum Gasteiger partial charge on any atom is 0.181 e. The van der Waals surface area contributed by atoms with E-state index < -0.39 is 9.84 Å². The molecule has 0 spiro atoms. The van der Waals surface area contributed by atoms with E-state index in [2.05, 4.69) is 0 Å². The third kappa shape index (κ3) is 2.30. The Bertz CT molecular complexity index is 672. The lowest BCUT2D eigenvalue weighted by atomic mass is 10.1. The van der Waals surface area contributed by atoms with E-state index in [4.69, 9.17) is 0 Å². The lowest BCUT2D eigenvalue weighted by Gasteiger charge is -2.04. The van der Waals surface area contributed by atoms with E-state index in [-0.39, 0.29) is 11.2 Å². The van der Waals surface area contributed by atoms with Crippen LogP contribution in [0, 0.1) is 6.92 Å². The Morgan fingerprint density at radius 1 is 0.947 bits per heavy atom. The number of hydrogen-bond acceptors (Lipinski definition) is 2. The van der Waals surface area contributed by atoms with Gasteiger partial charge in [-0.15, -0.1) is 0 Å². The molecule has 0 N–H and O–H groups in total. The molecule has 1 fully saturated rings. The summed E-state index contributed by atoms with van der Waals surface area (Å²) in [5.41, 5.74) is 2.21. The van der Waals surface area contributed by atoms with Crippen LogP contribution in [0.3, 0.4) is 0 Å². The lowest BCUT2D eigenvalue weighted by molar-refractivity contribution is 0.594. The van der Waals surface area contributed by atoms with Gasteiger partial charge in [-0.25, -0.2) is 8.42 Å². The zero-order valence-corrected chi connectivity index (χ0v) is 11.6. The number of sulfone groups is 1. The molecule has 1 saturated carbocycles. The minimum Gasteiger partial charge on any atom is -0.223 e. The number of benzene rings is 2. The largest absolute Gasteiger partial charge is 0.223 e. The quantitative estimate of drug-likeness (QED) is 0.859. The summed E-state index contributed by atoms with van der Waals surface area (Å²) < 4.78 is 25.0. The van der Waals surface area contributed by atoms with Crippen LogP contribution in [0.25, 0.3) is 0 Å². The first kappa shape index (κ1) is 12.4. The summed E-state index contributed by atoms with van der Waals surface area (Å²) in [6.45, 7) is 1.96. The van der Waals surface area contributed by atoms with Crippen molar-refractivity contribution in [1.29, 1.82) is 0 Å². The first-order valence-corrected chi connectivity index (χ1v) is 7.99. The van der Waals surface area contributed by atoms with Crippen LogP contribution in [0.5, 0.6) is 0 Å². The summed E-state index contributed by atoms with van der Waals surface area (Å²) in [7, 11) is -3.18. The third-order valence-corrected chi connectivity index (χ3v) is 5.96. The van der Waals surface area contributed by atoms with Crippen LogP contribution < -0.4 is 0 Å². The molecule has 0 amide bonds. The summed E-state index contributed by atoms with van der Waals surface area (Å²) in [5, 5.41) is -0.252. The molecule has 2 nitrogen and oxygen atoms in total. The molecule has 1 aliphatic rings. The summed E-state index contributed by atoms with van der Waals surface area (Å²) >= 11 is 0. The Kier molecular flexibility index (Phi) is 2.94. The number of rotatable bonds is 3.